The van der Waals surface area contributed by atoms with Crippen molar-refractivity contribution in [2.45, 2.75) is 51.0 Å². The Labute approximate surface area is 90.3 Å². The summed E-state index contributed by atoms with van der Waals surface area (Å²) in [6.45, 7) is 6.81. The second-order valence-corrected chi connectivity index (χ2v) is 5.83. The molecule has 0 aromatic carbocycles. The Morgan fingerprint density at radius 3 is 2.64 bits per heavy atom. The molecule has 0 unspecified atom stereocenters. The number of nitrogens with two attached hydrogens (primary N) is 1. The quantitative estimate of drug-likeness (QED) is 0.813. The Bertz CT molecular complexity index is 334. The lowest BCUT2D eigenvalue weighted by atomic mass is 9.79. The maximum atomic E-state index is 6.35. The first-order valence-electron chi connectivity index (χ1n) is 5.37. The molecule has 1 aliphatic carbocycles. The topological polar surface area (TPSA) is 26.0 Å². The van der Waals surface area contributed by atoms with Gasteiger partial charge in [0.05, 0.1) is 0 Å². The van der Waals surface area contributed by atoms with Crippen molar-refractivity contribution in [3.8, 4) is 0 Å². The fraction of sp³-hybridized carbons (Fsp3) is 0.667. The molecule has 1 aliphatic rings. The average molecular weight is 209 g/mol. The van der Waals surface area contributed by atoms with Gasteiger partial charge >= 0.3 is 0 Å². The fourth-order valence-electron chi connectivity index (χ4n) is 2.15. The van der Waals surface area contributed by atoms with Gasteiger partial charge in [-0.15, -0.1) is 11.3 Å². The SMILES string of the molecule is CCc1ccsc1C(C)(C)C1(N)CC1. The van der Waals surface area contributed by atoms with Crippen LogP contribution in [0.1, 0.15) is 44.1 Å². The van der Waals surface area contributed by atoms with E-state index in [1.165, 1.54) is 23.3 Å². The average Bonchev–Trinajstić information content (AvgIpc) is 2.73. The van der Waals surface area contributed by atoms with Gasteiger partial charge in [0.2, 0.25) is 0 Å². The van der Waals surface area contributed by atoms with E-state index >= 15 is 0 Å². The molecule has 1 saturated carbocycles. The van der Waals surface area contributed by atoms with Gasteiger partial charge in [-0.25, -0.2) is 0 Å². The minimum absolute atomic E-state index is 0.0712. The molecule has 1 nitrogen and oxygen atoms in total. The van der Waals surface area contributed by atoms with Crippen LogP contribution in [0.4, 0.5) is 0 Å². The molecular formula is C12H19NS. The van der Waals surface area contributed by atoms with Crippen molar-refractivity contribution in [1.29, 1.82) is 0 Å². The summed E-state index contributed by atoms with van der Waals surface area (Å²) in [5, 5.41) is 2.20. The lowest BCUT2D eigenvalue weighted by molar-refractivity contribution is 0.396. The Morgan fingerprint density at radius 1 is 1.50 bits per heavy atom. The van der Waals surface area contributed by atoms with Crippen molar-refractivity contribution in [3.63, 3.8) is 0 Å². The van der Waals surface area contributed by atoms with Crippen molar-refractivity contribution in [1.82, 2.24) is 0 Å². The van der Waals surface area contributed by atoms with Gasteiger partial charge in [0.15, 0.2) is 0 Å². The van der Waals surface area contributed by atoms with E-state index in [0.717, 1.165) is 6.42 Å². The summed E-state index contributed by atoms with van der Waals surface area (Å²) in [6, 6.07) is 2.24. The van der Waals surface area contributed by atoms with Crippen LogP contribution in [0.5, 0.6) is 0 Å². The van der Waals surface area contributed by atoms with Crippen LogP contribution in [0, 0.1) is 0 Å². The molecule has 14 heavy (non-hydrogen) atoms. The van der Waals surface area contributed by atoms with E-state index in [1.54, 1.807) is 0 Å². The summed E-state index contributed by atoms with van der Waals surface area (Å²) < 4.78 is 0. The van der Waals surface area contributed by atoms with E-state index in [-0.39, 0.29) is 11.0 Å². The second-order valence-electron chi connectivity index (χ2n) is 4.91. The number of hydrogen-bond donors (Lipinski definition) is 1. The Morgan fingerprint density at radius 2 is 2.14 bits per heavy atom. The highest BCUT2D eigenvalue weighted by Crippen LogP contribution is 2.51. The molecule has 1 aromatic heterocycles. The molecule has 0 atom stereocenters. The van der Waals surface area contributed by atoms with Crippen molar-refractivity contribution in [3.05, 3.63) is 21.9 Å². The zero-order chi connectivity index (χ0) is 10.4. The largest absolute Gasteiger partial charge is 0.324 e. The van der Waals surface area contributed by atoms with Crippen LogP contribution in [-0.2, 0) is 11.8 Å². The molecule has 0 spiro atoms. The molecule has 0 bridgehead atoms. The second kappa shape index (κ2) is 3.07. The Balaban J connectivity index is 2.38. The van der Waals surface area contributed by atoms with Crippen LogP contribution < -0.4 is 5.73 Å². The maximum absolute atomic E-state index is 6.35. The van der Waals surface area contributed by atoms with Crippen LogP contribution in [-0.4, -0.2) is 5.54 Å². The third-order valence-electron chi connectivity index (χ3n) is 3.73. The highest BCUT2D eigenvalue weighted by atomic mass is 32.1. The van der Waals surface area contributed by atoms with Crippen molar-refractivity contribution in [2.75, 3.05) is 0 Å². The lowest BCUT2D eigenvalue weighted by Crippen LogP contribution is -2.43. The molecule has 0 radical (unpaired) electrons. The summed E-state index contributed by atoms with van der Waals surface area (Å²) in [5.74, 6) is 0. The van der Waals surface area contributed by atoms with E-state index in [9.17, 15) is 0 Å². The van der Waals surface area contributed by atoms with Crippen molar-refractivity contribution >= 4 is 11.3 Å². The summed E-state index contributed by atoms with van der Waals surface area (Å²) in [7, 11) is 0. The highest BCUT2D eigenvalue weighted by Gasteiger charge is 2.52. The Hall–Kier alpha value is -0.340. The first kappa shape index (κ1) is 10.2. The Kier molecular flexibility index (Phi) is 2.24. The molecule has 2 rings (SSSR count). The first-order valence-corrected chi connectivity index (χ1v) is 6.25. The van der Waals surface area contributed by atoms with Crippen LogP contribution in [0.2, 0.25) is 0 Å². The van der Waals surface area contributed by atoms with Crippen LogP contribution in [0.15, 0.2) is 11.4 Å². The van der Waals surface area contributed by atoms with Gasteiger partial charge in [0, 0.05) is 15.8 Å². The molecule has 0 aliphatic heterocycles. The third-order valence-corrected chi connectivity index (χ3v) is 5.01. The summed E-state index contributed by atoms with van der Waals surface area (Å²) >= 11 is 1.87. The summed E-state index contributed by atoms with van der Waals surface area (Å²) in [5.41, 5.74) is 8.06. The molecule has 2 N–H and O–H groups in total. The monoisotopic (exact) mass is 209 g/mol. The molecule has 78 valence electrons. The van der Waals surface area contributed by atoms with Crippen LogP contribution in [0.25, 0.3) is 0 Å². The van der Waals surface area contributed by atoms with Gasteiger partial charge in [-0.1, -0.05) is 20.8 Å². The molecule has 1 aromatic rings. The predicted octanol–water partition coefficient (Wildman–Crippen LogP) is 3.08. The standard InChI is InChI=1S/C12H19NS/c1-4-9-5-8-14-10(9)11(2,3)12(13)6-7-12/h5,8H,4,6-7,13H2,1-3H3. The van der Waals surface area contributed by atoms with Crippen LogP contribution in [0.3, 0.4) is 0 Å². The number of rotatable bonds is 3. The molecular weight excluding hydrogens is 190 g/mol. The molecule has 2 heteroatoms. The fourth-order valence-corrected chi connectivity index (χ4v) is 3.38. The molecule has 1 fully saturated rings. The van der Waals surface area contributed by atoms with E-state index in [1.807, 2.05) is 11.3 Å². The van der Waals surface area contributed by atoms with Crippen molar-refractivity contribution < 1.29 is 0 Å². The van der Waals surface area contributed by atoms with E-state index in [2.05, 4.69) is 32.2 Å². The van der Waals surface area contributed by atoms with E-state index < -0.39 is 0 Å². The van der Waals surface area contributed by atoms with Gasteiger partial charge in [0.25, 0.3) is 0 Å². The zero-order valence-corrected chi connectivity index (χ0v) is 10.1. The number of hydrogen-bond acceptors (Lipinski definition) is 2. The van der Waals surface area contributed by atoms with E-state index in [4.69, 9.17) is 5.73 Å². The molecule has 0 saturated heterocycles. The van der Waals surface area contributed by atoms with Gasteiger partial charge in [0.1, 0.15) is 0 Å². The zero-order valence-electron chi connectivity index (χ0n) is 9.26. The van der Waals surface area contributed by atoms with Gasteiger partial charge in [-0.3, -0.25) is 0 Å². The van der Waals surface area contributed by atoms with Gasteiger partial charge in [-0.05, 0) is 36.3 Å². The smallest absolute Gasteiger partial charge is 0.0256 e. The summed E-state index contributed by atoms with van der Waals surface area (Å²) in [6.07, 6.45) is 3.49. The van der Waals surface area contributed by atoms with Crippen LogP contribution >= 0.6 is 11.3 Å². The maximum Gasteiger partial charge on any atom is 0.0256 e. The summed E-state index contributed by atoms with van der Waals surface area (Å²) in [4.78, 5) is 1.50. The molecule has 1 heterocycles. The number of aryl methyl sites for hydroxylation is 1. The first-order chi connectivity index (χ1) is 6.51. The minimum Gasteiger partial charge on any atom is -0.324 e. The van der Waals surface area contributed by atoms with Gasteiger partial charge in [-0.2, -0.15) is 0 Å². The van der Waals surface area contributed by atoms with Gasteiger partial charge < -0.3 is 5.73 Å². The molecule has 0 amide bonds. The number of thiophene rings is 1. The van der Waals surface area contributed by atoms with E-state index in [0.29, 0.717) is 0 Å². The third kappa shape index (κ3) is 1.32. The highest BCUT2D eigenvalue weighted by molar-refractivity contribution is 7.10. The minimum atomic E-state index is 0.0712. The van der Waals surface area contributed by atoms with Crippen molar-refractivity contribution in [2.24, 2.45) is 5.73 Å². The normalized spacial score (nSPS) is 19.7. The predicted molar refractivity (Wildman–Crippen MR) is 62.9 cm³/mol. The lowest BCUT2D eigenvalue weighted by Gasteiger charge is -2.32.